The van der Waals surface area contributed by atoms with Gasteiger partial charge in [0.15, 0.2) is 0 Å². The van der Waals surface area contributed by atoms with Gasteiger partial charge in [-0.05, 0) is 25.1 Å². The molecule has 0 spiro atoms. The van der Waals surface area contributed by atoms with Crippen molar-refractivity contribution in [2.75, 3.05) is 40.4 Å². The van der Waals surface area contributed by atoms with E-state index >= 15 is 0 Å². The number of nitrogens with zero attached hydrogens (tertiary/aromatic N) is 4. The van der Waals surface area contributed by atoms with E-state index in [-0.39, 0.29) is 6.04 Å². The maximum atomic E-state index is 5.57. The number of aromatic nitrogens is 2. The molecule has 0 aliphatic carbocycles. The van der Waals surface area contributed by atoms with Gasteiger partial charge in [-0.25, -0.2) is 0 Å². The second-order valence-electron chi connectivity index (χ2n) is 7.49. The number of hydrogen-bond acceptors (Lipinski definition) is 7. The number of piperazine rings is 1. The highest BCUT2D eigenvalue weighted by Crippen LogP contribution is 2.27. The van der Waals surface area contributed by atoms with Gasteiger partial charge in [-0.15, -0.1) is 0 Å². The van der Waals surface area contributed by atoms with E-state index in [0.717, 1.165) is 55.3 Å². The lowest BCUT2D eigenvalue weighted by Crippen LogP contribution is -2.46. The molecular formula is C23H28N4O3. The maximum absolute atomic E-state index is 5.57. The van der Waals surface area contributed by atoms with Crippen LogP contribution in [0.3, 0.4) is 0 Å². The number of ether oxygens (including phenoxy) is 2. The average molecular weight is 409 g/mol. The Balaban J connectivity index is 1.36. The summed E-state index contributed by atoms with van der Waals surface area (Å²) in [6.07, 6.45) is 0. The molecule has 7 heteroatoms. The van der Waals surface area contributed by atoms with Gasteiger partial charge in [0.2, 0.25) is 11.7 Å². The van der Waals surface area contributed by atoms with Crippen LogP contribution in [-0.4, -0.2) is 60.3 Å². The van der Waals surface area contributed by atoms with Gasteiger partial charge < -0.3 is 14.0 Å². The van der Waals surface area contributed by atoms with Crippen molar-refractivity contribution in [2.45, 2.75) is 19.5 Å². The number of methoxy groups -OCH3 is 2. The summed E-state index contributed by atoms with van der Waals surface area (Å²) in [5.41, 5.74) is 2.11. The van der Waals surface area contributed by atoms with Crippen LogP contribution >= 0.6 is 0 Å². The summed E-state index contributed by atoms with van der Waals surface area (Å²) in [5, 5.41) is 4.16. The molecule has 2 aromatic carbocycles. The lowest BCUT2D eigenvalue weighted by molar-refractivity contribution is 0.0840. The van der Waals surface area contributed by atoms with E-state index in [0.29, 0.717) is 11.7 Å². The van der Waals surface area contributed by atoms with Crippen molar-refractivity contribution in [2.24, 2.45) is 0 Å². The highest BCUT2D eigenvalue weighted by atomic mass is 16.5. The van der Waals surface area contributed by atoms with Crippen LogP contribution in [0.25, 0.3) is 11.4 Å². The summed E-state index contributed by atoms with van der Waals surface area (Å²) in [4.78, 5) is 9.45. The lowest BCUT2D eigenvalue weighted by Gasteiger charge is -2.37. The standard InChI is InChI=1S/C23H28N4O3/c1-17(23-24-22(25-30-23)18-7-5-4-6-8-18)27-13-11-26(12-14-27)16-19-15-20(28-2)9-10-21(19)29-3/h4-10,15,17H,11-14,16H2,1-3H3. The smallest absolute Gasteiger partial charge is 0.244 e. The first kappa shape index (κ1) is 20.4. The summed E-state index contributed by atoms with van der Waals surface area (Å²) in [5.74, 6) is 3.05. The third-order valence-corrected chi connectivity index (χ3v) is 5.67. The van der Waals surface area contributed by atoms with Crippen LogP contribution in [0.4, 0.5) is 0 Å². The first-order chi connectivity index (χ1) is 14.7. The maximum Gasteiger partial charge on any atom is 0.244 e. The Morgan fingerprint density at radius 3 is 2.47 bits per heavy atom. The van der Waals surface area contributed by atoms with Crippen LogP contribution in [0.15, 0.2) is 53.1 Å². The van der Waals surface area contributed by atoms with Crippen LogP contribution in [0.2, 0.25) is 0 Å². The molecule has 4 rings (SSSR count). The zero-order chi connectivity index (χ0) is 20.9. The molecule has 3 aromatic rings. The summed E-state index contributed by atoms with van der Waals surface area (Å²) in [6, 6.07) is 15.9. The predicted octanol–water partition coefficient (Wildman–Crippen LogP) is 3.63. The number of rotatable bonds is 7. The topological polar surface area (TPSA) is 63.9 Å². The molecule has 0 N–H and O–H groups in total. The zero-order valence-corrected chi connectivity index (χ0v) is 17.7. The van der Waals surface area contributed by atoms with Gasteiger partial charge in [0.25, 0.3) is 0 Å². The zero-order valence-electron chi connectivity index (χ0n) is 17.7. The van der Waals surface area contributed by atoms with Crippen molar-refractivity contribution in [3.05, 3.63) is 60.0 Å². The van der Waals surface area contributed by atoms with Crippen molar-refractivity contribution in [3.63, 3.8) is 0 Å². The average Bonchev–Trinajstić information content (AvgIpc) is 3.30. The van der Waals surface area contributed by atoms with E-state index in [1.54, 1.807) is 14.2 Å². The summed E-state index contributed by atoms with van der Waals surface area (Å²) in [6.45, 7) is 6.77. The molecule has 0 bridgehead atoms. The minimum absolute atomic E-state index is 0.0865. The predicted molar refractivity (Wildman–Crippen MR) is 115 cm³/mol. The normalized spacial score (nSPS) is 16.4. The molecule has 1 aromatic heterocycles. The molecule has 30 heavy (non-hydrogen) atoms. The highest BCUT2D eigenvalue weighted by Gasteiger charge is 2.26. The minimum atomic E-state index is 0.0865. The van der Waals surface area contributed by atoms with Gasteiger partial charge in [0.1, 0.15) is 11.5 Å². The van der Waals surface area contributed by atoms with E-state index in [1.165, 1.54) is 0 Å². The van der Waals surface area contributed by atoms with Gasteiger partial charge in [-0.3, -0.25) is 9.80 Å². The summed E-state index contributed by atoms with van der Waals surface area (Å²) in [7, 11) is 3.39. The second kappa shape index (κ2) is 9.28. The molecule has 0 radical (unpaired) electrons. The van der Waals surface area contributed by atoms with Crippen molar-refractivity contribution < 1.29 is 14.0 Å². The number of hydrogen-bond donors (Lipinski definition) is 0. The van der Waals surface area contributed by atoms with Gasteiger partial charge in [-0.2, -0.15) is 4.98 Å². The summed E-state index contributed by atoms with van der Waals surface area (Å²) < 4.78 is 16.5. The molecular weight excluding hydrogens is 380 g/mol. The van der Waals surface area contributed by atoms with E-state index in [4.69, 9.17) is 14.0 Å². The van der Waals surface area contributed by atoms with Crippen LogP contribution in [0, 0.1) is 0 Å². The van der Waals surface area contributed by atoms with Gasteiger partial charge >= 0.3 is 0 Å². The molecule has 1 fully saturated rings. The van der Waals surface area contributed by atoms with Gasteiger partial charge in [0.05, 0.1) is 20.3 Å². The molecule has 1 aliphatic rings. The Bertz CT molecular complexity index is 952. The molecule has 1 unspecified atom stereocenters. The quantitative estimate of drug-likeness (QED) is 0.591. The number of benzene rings is 2. The first-order valence-corrected chi connectivity index (χ1v) is 10.2. The van der Waals surface area contributed by atoms with Crippen molar-refractivity contribution >= 4 is 0 Å². The van der Waals surface area contributed by atoms with Crippen LogP contribution in [-0.2, 0) is 6.54 Å². The Kier molecular flexibility index (Phi) is 6.30. The van der Waals surface area contributed by atoms with E-state index in [2.05, 4.69) is 32.9 Å². The minimum Gasteiger partial charge on any atom is -0.497 e. The SMILES string of the molecule is COc1ccc(OC)c(CN2CCN(C(C)c3nc(-c4ccccc4)no3)CC2)c1. The molecule has 2 heterocycles. The van der Waals surface area contributed by atoms with E-state index in [9.17, 15) is 0 Å². The monoisotopic (exact) mass is 408 g/mol. The lowest BCUT2D eigenvalue weighted by atomic mass is 10.1. The van der Waals surface area contributed by atoms with Gasteiger partial charge in [0, 0.05) is 43.9 Å². The van der Waals surface area contributed by atoms with E-state index < -0.39 is 0 Å². The Morgan fingerprint density at radius 2 is 1.77 bits per heavy atom. The second-order valence-corrected chi connectivity index (χ2v) is 7.49. The van der Waals surface area contributed by atoms with Crippen LogP contribution < -0.4 is 9.47 Å². The van der Waals surface area contributed by atoms with Gasteiger partial charge in [-0.1, -0.05) is 35.5 Å². The third kappa shape index (κ3) is 4.47. The summed E-state index contributed by atoms with van der Waals surface area (Å²) >= 11 is 0. The molecule has 0 amide bonds. The fourth-order valence-electron chi connectivity index (χ4n) is 3.82. The van der Waals surface area contributed by atoms with Crippen molar-refractivity contribution in [1.82, 2.24) is 19.9 Å². The first-order valence-electron chi connectivity index (χ1n) is 10.2. The third-order valence-electron chi connectivity index (χ3n) is 5.67. The molecule has 1 saturated heterocycles. The molecule has 158 valence electrons. The molecule has 0 saturated carbocycles. The fourth-order valence-corrected chi connectivity index (χ4v) is 3.82. The Hall–Kier alpha value is -2.90. The molecule has 1 atom stereocenters. The van der Waals surface area contributed by atoms with Crippen molar-refractivity contribution in [1.29, 1.82) is 0 Å². The Labute approximate surface area is 177 Å². The Morgan fingerprint density at radius 1 is 1.00 bits per heavy atom. The van der Waals surface area contributed by atoms with E-state index in [1.807, 2.05) is 42.5 Å². The molecule has 1 aliphatic heterocycles. The highest BCUT2D eigenvalue weighted by molar-refractivity contribution is 5.53. The van der Waals surface area contributed by atoms with Crippen LogP contribution in [0.1, 0.15) is 24.4 Å². The largest absolute Gasteiger partial charge is 0.497 e. The van der Waals surface area contributed by atoms with Crippen molar-refractivity contribution in [3.8, 4) is 22.9 Å². The molecule has 7 nitrogen and oxygen atoms in total. The fraction of sp³-hybridized carbons (Fsp3) is 0.391. The van der Waals surface area contributed by atoms with Crippen LogP contribution in [0.5, 0.6) is 11.5 Å².